The molecule has 0 aliphatic rings. The molecule has 32 heavy (non-hydrogen) atoms. The summed E-state index contributed by atoms with van der Waals surface area (Å²) in [6, 6.07) is 18.8. The lowest BCUT2D eigenvalue weighted by molar-refractivity contribution is 0.0976. The Hall–Kier alpha value is -4.02. The molecule has 0 atom stereocenters. The number of rotatable bonds is 4. The Balaban J connectivity index is 1.61. The Morgan fingerprint density at radius 2 is 1.03 bits per heavy atom. The van der Waals surface area contributed by atoms with Crippen molar-refractivity contribution >= 4 is 57.8 Å². The van der Waals surface area contributed by atoms with Crippen LogP contribution >= 0.6 is 24.4 Å². The SMILES string of the molecule is O=C(NC(=S)Nc1ccccc1O)c1cccc(C(=O)NC(=S)Nc2ccccc2O)c1. The summed E-state index contributed by atoms with van der Waals surface area (Å²) < 4.78 is 0. The summed E-state index contributed by atoms with van der Waals surface area (Å²) in [7, 11) is 0. The predicted molar refractivity (Wildman–Crippen MR) is 130 cm³/mol. The fourth-order valence-corrected chi connectivity index (χ4v) is 3.02. The van der Waals surface area contributed by atoms with E-state index in [2.05, 4.69) is 21.3 Å². The molecule has 0 radical (unpaired) electrons. The molecular formula is C22H18N4O4S2. The van der Waals surface area contributed by atoms with Gasteiger partial charge in [0.25, 0.3) is 11.8 Å². The van der Waals surface area contributed by atoms with E-state index in [4.69, 9.17) is 24.4 Å². The molecule has 0 spiro atoms. The maximum atomic E-state index is 12.5. The van der Waals surface area contributed by atoms with Crippen molar-refractivity contribution in [2.45, 2.75) is 0 Å². The zero-order valence-electron chi connectivity index (χ0n) is 16.5. The summed E-state index contributed by atoms with van der Waals surface area (Å²) in [6.07, 6.45) is 0. The molecule has 10 heteroatoms. The quantitative estimate of drug-likeness (QED) is 0.256. The lowest BCUT2D eigenvalue weighted by Gasteiger charge is -2.12. The first-order chi connectivity index (χ1) is 15.3. The van der Waals surface area contributed by atoms with Crippen molar-refractivity contribution in [3.8, 4) is 11.5 Å². The van der Waals surface area contributed by atoms with Crippen molar-refractivity contribution in [3.05, 3.63) is 83.9 Å². The maximum absolute atomic E-state index is 12.5. The Bertz CT molecular complexity index is 1110. The molecule has 0 heterocycles. The van der Waals surface area contributed by atoms with Gasteiger partial charge in [-0.05, 0) is 66.9 Å². The number of phenolic OH excluding ortho intramolecular Hbond substituents is 2. The summed E-state index contributed by atoms with van der Waals surface area (Å²) in [5.74, 6) is -1.11. The fourth-order valence-electron chi connectivity index (χ4n) is 2.62. The third-order valence-corrected chi connectivity index (χ3v) is 4.55. The highest BCUT2D eigenvalue weighted by Gasteiger charge is 2.14. The fraction of sp³-hybridized carbons (Fsp3) is 0. The summed E-state index contributed by atoms with van der Waals surface area (Å²) >= 11 is 10.2. The number of hydrogen-bond acceptors (Lipinski definition) is 6. The average molecular weight is 467 g/mol. The van der Waals surface area contributed by atoms with E-state index in [1.54, 1.807) is 42.5 Å². The molecule has 0 fully saturated rings. The summed E-state index contributed by atoms with van der Waals surface area (Å²) in [5, 5.41) is 30.0. The standard InChI is InChI=1S/C22H18N4O4S2/c27-17-10-3-1-8-15(17)23-21(31)25-19(29)13-6-5-7-14(12-13)20(30)26-22(32)24-16-9-2-4-11-18(16)28/h1-12,27-28H,(H2,23,25,29,31)(H2,24,26,30,32). The molecule has 162 valence electrons. The zero-order chi connectivity index (χ0) is 23.1. The van der Waals surface area contributed by atoms with Crippen molar-refractivity contribution in [2.75, 3.05) is 10.6 Å². The molecule has 0 aliphatic heterocycles. The second-order valence-electron chi connectivity index (χ2n) is 6.43. The van der Waals surface area contributed by atoms with E-state index in [0.29, 0.717) is 11.4 Å². The molecule has 0 aromatic heterocycles. The van der Waals surface area contributed by atoms with Gasteiger partial charge in [0.2, 0.25) is 0 Å². The van der Waals surface area contributed by atoms with Gasteiger partial charge in [0.15, 0.2) is 10.2 Å². The summed E-state index contributed by atoms with van der Waals surface area (Å²) in [4.78, 5) is 25.0. The summed E-state index contributed by atoms with van der Waals surface area (Å²) in [6.45, 7) is 0. The van der Waals surface area contributed by atoms with Crippen LogP contribution in [0.1, 0.15) is 20.7 Å². The number of carbonyl (C=O) groups excluding carboxylic acids is 2. The van der Waals surface area contributed by atoms with E-state index in [1.165, 1.54) is 30.3 Å². The van der Waals surface area contributed by atoms with Crippen molar-refractivity contribution in [1.29, 1.82) is 0 Å². The van der Waals surface area contributed by atoms with Crippen LogP contribution in [0.15, 0.2) is 72.8 Å². The van der Waals surface area contributed by atoms with Gasteiger partial charge in [-0.2, -0.15) is 0 Å². The van der Waals surface area contributed by atoms with Crippen LogP contribution in [0.5, 0.6) is 11.5 Å². The molecule has 0 saturated heterocycles. The third-order valence-electron chi connectivity index (χ3n) is 4.15. The van der Waals surface area contributed by atoms with Crippen LogP contribution in [-0.2, 0) is 0 Å². The summed E-state index contributed by atoms with van der Waals surface area (Å²) in [5.41, 5.74) is 1.07. The maximum Gasteiger partial charge on any atom is 0.257 e. The van der Waals surface area contributed by atoms with E-state index < -0.39 is 11.8 Å². The minimum absolute atomic E-state index is 0.0144. The van der Waals surface area contributed by atoms with Crippen molar-refractivity contribution in [3.63, 3.8) is 0 Å². The first-order valence-electron chi connectivity index (χ1n) is 9.24. The van der Waals surface area contributed by atoms with Crippen molar-refractivity contribution in [1.82, 2.24) is 10.6 Å². The van der Waals surface area contributed by atoms with E-state index in [0.717, 1.165) is 0 Å². The monoisotopic (exact) mass is 466 g/mol. The van der Waals surface area contributed by atoms with Gasteiger partial charge in [0, 0.05) is 11.1 Å². The van der Waals surface area contributed by atoms with Crippen LogP contribution in [0.4, 0.5) is 11.4 Å². The van der Waals surface area contributed by atoms with Crippen molar-refractivity contribution in [2.24, 2.45) is 0 Å². The van der Waals surface area contributed by atoms with Crippen LogP contribution in [0.25, 0.3) is 0 Å². The molecule has 6 N–H and O–H groups in total. The molecule has 3 rings (SSSR count). The molecular weight excluding hydrogens is 448 g/mol. The molecule has 0 aliphatic carbocycles. The third kappa shape index (κ3) is 6.00. The van der Waals surface area contributed by atoms with Crippen LogP contribution in [0.3, 0.4) is 0 Å². The minimum atomic E-state index is -0.539. The number of thiocarbonyl (C=S) groups is 2. The number of carbonyl (C=O) groups is 2. The Morgan fingerprint density at radius 1 is 0.625 bits per heavy atom. The molecule has 2 amide bonds. The number of para-hydroxylation sites is 4. The number of aromatic hydroxyl groups is 2. The van der Waals surface area contributed by atoms with E-state index in [9.17, 15) is 19.8 Å². The normalized spacial score (nSPS) is 10.0. The molecule has 0 saturated carbocycles. The Labute approximate surface area is 194 Å². The van der Waals surface area contributed by atoms with Crippen LogP contribution in [0, 0.1) is 0 Å². The molecule has 3 aromatic rings. The number of amides is 2. The van der Waals surface area contributed by atoms with Gasteiger partial charge in [-0.25, -0.2) is 0 Å². The number of hydrogen-bond donors (Lipinski definition) is 6. The van der Waals surface area contributed by atoms with Crippen LogP contribution in [0.2, 0.25) is 0 Å². The number of phenols is 2. The molecule has 0 unspecified atom stereocenters. The Kier molecular flexibility index (Phi) is 7.32. The smallest absolute Gasteiger partial charge is 0.257 e. The van der Waals surface area contributed by atoms with Gasteiger partial charge >= 0.3 is 0 Å². The number of benzene rings is 3. The molecule has 8 nitrogen and oxygen atoms in total. The average Bonchev–Trinajstić information content (AvgIpc) is 2.77. The van der Waals surface area contributed by atoms with E-state index in [1.807, 2.05) is 0 Å². The van der Waals surface area contributed by atoms with Gasteiger partial charge in [0.1, 0.15) is 11.5 Å². The van der Waals surface area contributed by atoms with Gasteiger partial charge in [-0.3, -0.25) is 20.2 Å². The van der Waals surface area contributed by atoms with E-state index in [-0.39, 0.29) is 32.9 Å². The predicted octanol–water partition coefficient (Wildman–Crippen LogP) is 3.35. The second-order valence-corrected chi connectivity index (χ2v) is 7.25. The van der Waals surface area contributed by atoms with Gasteiger partial charge in [-0.15, -0.1) is 0 Å². The largest absolute Gasteiger partial charge is 0.506 e. The van der Waals surface area contributed by atoms with Crippen molar-refractivity contribution < 1.29 is 19.8 Å². The number of nitrogens with one attached hydrogen (secondary N) is 4. The zero-order valence-corrected chi connectivity index (χ0v) is 18.1. The first kappa shape index (κ1) is 22.7. The van der Waals surface area contributed by atoms with Crippen LogP contribution < -0.4 is 21.3 Å². The van der Waals surface area contributed by atoms with E-state index >= 15 is 0 Å². The molecule has 3 aromatic carbocycles. The first-order valence-corrected chi connectivity index (χ1v) is 10.1. The van der Waals surface area contributed by atoms with Gasteiger partial charge < -0.3 is 20.8 Å². The Morgan fingerprint density at radius 3 is 1.44 bits per heavy atom. The van der Waals surface area contributed by atoms with Gasteiger partial charge in [0.05, 0.1) is 11.4 Å². The topological polar surface area (TPSA) is 123 Å². The highest BCUT2D eigenvalue weighted by Crippen LogP contribution is 2.22. The highest BCUT2D eigenvalue weighted by molar-refractivity contribution is 7.80. The molecule has 0 bridgehead atoms. The number of anilines is 2. The minimum Gasteiger partial charge on any atom is -0.506 e. The highest BCUT2D eigenvalue weighted by atomic mass is 32.1. The lowest BCUT2D eigenvalue weighted by atomic mass is 10.1. The lowest BCUT2D eigenvalue weighted by Crippen LogP contribution is -2.35. The van der Waals surface area contributed by atoms with Crippen LogP contribution in [-0.4, -0.2) is 32.3 Å². The van der Waals surface area contributed by atoms with Gasteiger partial charge in [-0.1, -0.05) is 30.3 Å². The second kappa shape index (κ2) is 10.3.